The molecule has 0 bridgehead atoms. The fourth-order valence-electron chi connectivity index (χ4n) is 3.54. The average molecular weight is 500 g/mol. The van der Waals surface area contributed by atoms with Gasteiger partial charge in [-0.3, -0.25) is 14.6 Å². The monoisotopic (exact) mass is 499 g/mol. The first-order chi connectivity index (χ1) is 15.9. The van der Waals surface area contributed by atoms with Crippen LogP contribution in [0.3, 0.4) is 0 Å². The van der Waals surface area contributed by atoms with Gasteiger partial charge in [0.25, 0.3) is 5.91 Å². The van der Waals surface area contributed by atoms with E-state index in [1.807, 2.05) is 0 Å². The van der Waals surface area contributed by atoms with Crippen molar-refractivity contribution < 1.29 is 42.6 Å². The van der Waals surface area contributed by atoms with Gasteiger partial charge < -0.3 is 19.8 Å². The van der Waals surface area contributed by atoms with Crippen LogP contribution < -0.4 is 10.2 Å². The van der Waals surface area contributed by atoms with E-state index in [0.29, 0.717) is 11.3 Å². The normalized spacial score (nSPS) is 16.2. The highest BCUT2D eigenvalue weighted by molar-refractivity contribution is 7.92. The van der Waals surface area contributed by atoms with Gasteiger partial charge in [-0.1, -0.05) is 0 Å². The van der Waals surface area contributed by atoms with Crippen molar-refractivity contribution in [2.24, 2.45) is 0 Å². The fraction of sp³-hybridized carbons (Fsp3) is 0.429. The first-order valence-corrected chi connectivity index (χ1v) is 12.2. The lowest BCUT2D eigenvalue weighted by Gasteiger charge is -2.27. The van der Waals surface area contributed by atoms with Gasteiger partial charge in [0.15, 0.2) is 14.6 Å². The summed E-state index contributed by atoms with van der Waals surface area (Å²) in [6.45, 7) is 0.560. The van der Waals surface area contributed by atoms with Crippen molar-refractivity contribution in [3.05, 3.63) is 42.0 Å². The second-order valence-corrected chi connectivity index (χ2v) is 10.7. The highest BCUT2D eigenvalue weighted by Gasteiger charge is 2.44. The van der Waals surface area contributed by atoms with Gasteiger partial charge in [-0.25, -0.2) is 23.1 Å². The van der Waals surface area contributed by atoms with E-state index in [4.69, 9.17) is 15.1 Å². The number of aliphatic hydroxyl groups excluding tert-OH is 2. The van der Waals surface area contributed by atoms with Crippen LogP contribution in [0.15, 0.2) is 30.5 Å². The molecule has 2 amide bonds. The maximum atomic E-state index is 14.6. The molecule has 3 rings (SSSR count). The topological polar surface area (TPSA) is 158 Å². The van der Waals surface area contributed by atoms with Gasteiger partial charge in [-0.2, -0.15) is 0 Å². The number of rotatable bonds is 10. The molecule has 0 saturated carbocycles. The summed E-state index contributed by atoms with van der Waals surface area (Å²) >= 11 is 0. The molecule has 0 unspecified atom stereocenters. The number of nitrogens with one attached hydrogen (secondary N) is 1. The highest BCUT2D eigenvalue weighted by Crippen LogP contribution is 2.31. The number of hydroxylamine groups is 1. The minimum absolute atomic E-state index is 0.0626. The standard InChI is InChI=1S/C21H26FN3O8S/c1-21(19(28)23-30,34(2,31)32)5-6-24-10-14-7-13(9-25(14)20(24)29)17-4-3-16(8-18(17)22)33-12-15(27)11-26/h3-4,7-9,15,26-27,30H,5-6,10-12H2,1-2H3,(H,23,28)/t15-,21-/m1/s1. The Morgan fingerprint density at radius 1 is 1.35 bits per heavy atom. The minimum Gasteiger partial charge on any atom is -0.491 e. The summed E-state index contributed by atoms with van der Waals surface area (Å²) in [7, 11) is -3.90. The average Bonchev–Trinajstić information content (AvgIpc) is 3.33. The van der Waals surface area contributed by atoms with Gasteiger partial charge in [0, 0.05) is 41.9 Å². The first-order valence-electron chi connectivity index (χ1n) is 10.3. The Morgan fingerprint density at radius 2 is 2.06 bits per heavy atom. The van der Waals surface area contributed by atoms with Crippen LogP contribution in [0, 0.1) is 5.82 Å². The maximum absolute atomic E-state index is 14.6. The number of sulfone groups is 1. The molecule has 4 N–H and O–H groups in total. The number of benzene rings is 1. The van der Waals surface area contributed by atoms with Crippen molar-refractivity contribution >= 4 is 21.8 Å². The van der Waals surface area contributed by atoms with Crippen LogP contribution in [0.25, 0.3) is 11.1 Å². The van der Waals surface area contributed by atoms with E-state index in [-0.39, 0.29) is 37.4 Å². The van der Waals surface area contributed by atoms with Crippen molar-refractivity contribution in [3.63, 3.8) is 0 Å². The zero-order valence-corrected chi connectivity index (χ0v) is 19.4. The lowest BCUT2D eigenvalue weighted by Crippen LogP contribution is -2.50. The lowest BCUT2D eigenvalue weighted by molar-refractivity contribution is -0.131. The van der Waals surface area contributed by atoms with Gasteiger partial charge in [0.2, 0.25) is 0 Å². The summed E-state index contributed by atoms with van der Waals surface area (Å²) < 4.78 is 43.5. The van der Waals surface area contributed by atoms with Gasteiger partial charge in [0.05, 0.1) is 13.2 Å². The molecule has 1 aromatic carbocycles. The quantitative estimate of drug-likeness (QED) is 0.272. The molecule has 11 nitrogen and oxygen atoms in total. The Morgan fingerprint density at radius 3 is 2.62 bits per heavy atom. The molecule has 0 aliphatic carbocycles. The molecular weight excluding hydrogens is 473 g/mol. The highest BCUT2D eigenvalue weighted by atomic mass is 32.2. The van der Waals surface area contributed by atoms with Crippen LogP contribution in [0.5, 0.6) is 5.75 Å². The molecule has 1 aliphatic rings. The van der Waals surface area contributed by atoms with Crippen LogP contribution in [-0.4, -0.2) is 82.1 Å². The van der Waals surface area contributed by atoms with Crippen molar-refractivity contribution in [2.45, 2.75) is 30.7 Å². The van der Waals surface area contributed by atoms with Crippen LogP contribution >= 0.6 is 0 Å². The molecule has 2 aromatic rings. The smallest absolute Gasteiger partial charge is 0.328 e. The van der Waals surface area contributed by atoms with Crippen LogP contribution in [0.2, 0.25) is 0 Å². The molecule has 2 heterocycles. The number of fused-ring (bicyclic) bond motifs is 1. The van der Waals surface area contributed by atoms with E-state index >= 15 is 0 Å². The van der Waals surface area contributed by atoms with Gasteiger partial charge in [-0.05, 0) is 31.5 Å². The predicted molar refractivity (Wildman–Crippen MR) is 117 cm³/mol. The summed E-state index contributed by atoms with van der Waals surface area (Å²) in [6.07, 6.45) is 1.02. The third-order valence-corrected chi connectivity index (χ3v) is 7.92. The molecule has 1 aliphatic heterocycles. The predicted octanol–water partition coefficient (Wildman–Crippen LogP) is 0.509. The largest absolute Gasteiger partial charge is 0.491 e. The van der Waals surface area contributed by atoms with Crippen molar-refractivity contribution in [3.8, 4) is 16.9 Å². The van der Waals surface area contributed by atoms with E-state index in [9.17, 15) is 27.5 Å². The second kappa shape index (κ2) is 9.70. The molecule has 0 spiro atoms. The SMILES string of the molecule is C[C@@](CCN1Cc2cc(-c3ccc(OC[C@H](O)CO)cc3F)cn2C1=O)(C(=O)NO)S(C)(=O)=O. The molecule has 0 radical (unpaired) electrons. The van der Waals surface area contributed by atoms with Crippen LogP contribution in [-0.2, 0) is 21.2 Å². The second-order valence-electron chi connectivity index (χ2n) is 8.28. The van der Waals surface area contributed by atoms with Crippen molar-refractivity contribution in [1.82, 2.24) is 14.9 Å². The third-order valence-electron chi connectivity index (χ3n) is 5.89. The maximum Gasteiger partial charge on any atom is 0.328 e. The van der Waals surface area contributed by atoms with Crippen LogP contribution in [0.1, 0.15) is 19.0 Å². The number of carbonyl (C=O) groups is 2. The summed E-state index contributed by atoms with van der Waals surface area (Å²) in [6, 6.07) is 5.27. The summed E-state index contributed by atoms with van der Waals surface area (Å²) in [5.74, 6) is -1.52. The number of hydrogen-bond acceptors (Lipinski definition) is 8. The zero-order valence-electron chi connectivity index (χ0n) is 18.6. The molecule has 0 saturated heterocycles. The summed E-state index contributed by atoms with van der Waals surface area (Å²) in [4.78, 5) is 26.1. The van der Waals surface area contributed by atoms with Gasteiger partial charge in [-0.15, -0.1) is 0 Å². The Balaban J connectivity index is 1.72. The third kappa shape index (κ3) is 4.92. The molecule has 2 atom stereocenters. The Bertz CT molecular complexity index is 1200. The van der Waals surface area contributed by atoms with Gasteiger partial charge >= 0.3 is 6.03 Å². The van der Waals surface area contributed by atoms with Crippen LogP contribution in [0.4, 0.5) is 9.18 Å². The Kier molecular flexibility index (Phi) is 7.31. The van der Waals surface area contributed by atoms with Gasteiger partial charge in [0.1, 0.15) is 24.3 Å². The number of aromatic nitrogens is 1. The fourth-order valence-corrected chi connectivity index (χ4v) is 4.39. The zero-order chi connectivity index (χ0) is 25.3. The number of halogens is 1. The molecule has 186 valence electrons. The molecular formula is C21H26FN3O8S. The van der Waals surface area contributed by atoms with E-state index in [2.05, 4.69) is 0 Å². The number of aliphatic hydroxyl groups is 2. The number of hydrogen-bond donors (Lipinski definition) is 4. The molecule has 13 heteroatoms. The Hall–Kier alpha value is -3.00. The van der Waals surface area contributed by atoms with Crippen molar-refractivity contribution in [2.75, 3.05) is 26.0 Å². The number of amides is 2. The minimum atomic E-state index is -3.90. The van der Waals surface area contributed by atoms with E-state index in [0.717, 1.165) is 12.3 Å². The number of nitrogens with zero attached hydrogens (tertiary/aromatic N) is 2. The number of carbonyl (C=O) groups excluding carboxylic acids is 2. The Labute approximate surface area is 195 Å². The molecule has 0 fully saturated rings. The molecule has 34 heavy (non-hydrogen) atoms. The first kappa shape index (κ1) is 25.6. The van der Waals surface area contributed by atoms with E-state index < -0.39 is 45.1 Å². The summed E-state index contributed by atoms with van der Waals surface area (Å²) in [5, 5.41) is 27.1. The lowest BCUT2D eigenvalue weighted by atomic mass is 10.1. The van der Waals surface area contributed by atoms with Crippen molar-refractivity contribution in [1.29, 1.82) is 0 Å². The summed E-state index contributed by atoms with van der Waals surface area (Å²) in [5.41, 5.74) is 2.59. The number of ether oxygens (including phenoxy) is 1. The van der Waals surface area contributed by atoms with E-state index in [1.165, 1.54) is 40.2 Å². The molecule has 1 aromatic heterocycles. The van der Waals surface area contributed by atoms with E-state index in [1.54, 1.807) is 6.07 Å².